The van der Waals surface area contributed by atoms with Crippen molar-refractivity contribution in [2.24, 2.45) is 0 Å². The van der Waals surface area contributed by atoms with E-state index in [-0.39, 0.29) is 0 Å². The molecule has 0 radical (unpaired) electrons. The molecule has 1 aromatic carbocycles. The molecule has 0 saturated heterocycles. The maximum Gasteiger partial charge on any atom is 0.0472 e. The van der Waals surface area contributed by atoms with Crippen LogP contribution in [0.5, 0.6) is 0 Å². The van der Waals surface area contributed by atoms with E-state index in [9.17, 15) is 0 Å². The van der Waals surface area contributed by atoms with Crippen molar-refractivity contribution in [2.45, 2.75) is 33.4 Å². The first-order valence-electron chi connectivity index (χ1n) is 7.35. The third kappa shape index (κ3) is 3.75. The minimum atomic E-state index is 0.479. The molecule has 0 bridgehead atoms. The van der Waals surface area contributed by atoms with Crippen LogP contribution in [0.25, 0.3) is 10.9 Å². The first-order chi connectivity index (χ1) is 9.63. The predicted octanol–water partition coefficient (Wildman–Crippen LogP) is 3.64. The zero-order chi connectivity index (χ0) is 14.5. The Morgan fingerprint density at radius 3 is 2.75 bits per heavy atom. The predicted molar refractivity (Wildman–Crippen MR) is 87.4 cm³/mol. The molecule has 2 N–H and O–H groups in total. The van der Waals surface area contributed by atoms with Gasteiger partial charge in [-0.05, 0) is 37.7 Å². The normalized spacial score (nSPS) is 13.2. The highest BCUT2D eigenvalue weighted by molar-refractivity contribution is 6.31. The number of hydrogen-bond donors (Lipinski definition) is 2. The minimum absolute atomic E-state index is 0.479. The van der Waals surface area contributed by atoms with Crippen LogP contribution in [0.15, 0.2) is 24.4 Å². The van der Waals surface area contributed by atoms with Gasteiger partial charge in [-0.15, -0.1) is 0 Å². The third-order valence-corrected chi connectivity index (χ3v) is 4.03. The third-order valence-electron chi connectivity index (χ3n) is 3.80. The molecule has 2 aromatic rings. The van der Waals surface area contributed by atoms with Crippen LogP contribution in [-0.4, -0.2) is 35.6 Å². The van der Waals surface area contributed by atoms with E-state index >= 15 is 0 Å². The molecule has 0 spiro atoms. The molecule has 3 nitrogen and oxygen atoms in total. The molecule has 0 aliphatic carbocycles. The SMILES string of the molecule is CCN(CC)CC(C)NCc1c[nH]c2cc(Cl)ccc12. The summed E-state index contributed by atoms with van der Waals surface area (Å²) >= 11 is 6.00. The highest BCUT2D eigenvalue weighted by atomic mass is 35.5. The van der Waals surface area contributed by atoms with Gasteiger partial charge in [-0.2, -0.15) is 0 Å². The minimum Gasteiger partial charge on any atom is -0.361 e. The summed E-state index contributed by atoms with van der Waals surface area (Å²) in [5, 5.41) is 5.62. The molecule has 1 atom stereocenters. The maximum atomic E-state index is 6.00. The van der Waals surface area contributed by atoms with Crippen LogP contribution < -0.4 is 5.32 Å². The Labute approximate surface area is 126 Å². The molecule has 20 heavy (non-hydrogen) atoms. The number of nitrogens with one attached hydrogen (secondary N) is 2. The average Bonchev–Trinajstić information content (AvgIpc) is 2.84. The number of aromatic amines is 1. The van der Waals surface area contributed by atoms with Crippen molar-refractivity contribution >= 4 is 22.5 Å². The van der Waals surface area contributed by atoms with Crippen LogP contribution >= 0.6 is 11.6 Å². The fourth-order valence-electron chi connectivity index (χ4n) is 2.52. The second kappa shape index (κ2) is 7.11. The molecule has 1 heterocycles. The van der Waals surface area contributed by atoms with Crippen molar-refractivity contribution in [3.8, 4) is 0 Å². The van der Waals surface area contributed by atoms with E-state index in [2.05, 4.69) is 48.2 Å². The van der Waals surface area contributed by atoms with Crippen LogP contribution in [0.1, 0.15) is 26.3 Å². The number of H-pyrrole nitrogens is 1. The van der Waals surface area contributed by atoms with E-state index in [0.717, 1.165) is 36.7 Å². The zero-order valence-electron chi connectivity index (χ0n) is 12.5. The van der Waals surface area contributed by atoms with Crippen LogP contribution in [0.3, 0.4) is 0 Å². The second-order valence-electron chi connectivity index (χ2n) is 5.27. The quantitative estimate of drug-likeness (QED) is 0.816. The molecule has 0 amide bonds. The lowest BCUT2D eigenvalue weighted by Crippen LogP contribution is -2.38. The van der Waals surface area contributed by atoms with Gasteiger partial charge >= 0.3 is 0 Å². The molecule has 0 fully saturated rings. The molecule has 110 valence electrons. The summed E-state index contributed by atoms with van der Waals surface area (Å²) in [5.74, 6) is 0. The fourth-order valence-corrected chi connectivity index (χ4v) is 2.69. The van der Waals surface area contributed by atoms with Gasteiger partial charge in [0, 0.05) is 41.3 Å². The van der Waals surface area contributed by atoms with Crippen molar-refractivity contribution < 1.29 is 0 Å². The highest BCUT2D eigenvalue weighted by Crippen LogP contribution is 2.21. The number of benzene rings is 1. The Balaban J connectivity index is 1.95. The van der Waals surface area contributed by atoms with E-state index in [0.29, 0.717) is 6.04 Å². The molecule has 0 saturated carbocycles. The average molecular weight is 294 g/mol. The van der Waals surface area contributed by atoms with Gasteiger partial charge in [0.15, 0.2) is 0 Å². The smallest absolute Gasteiger partial charge is 0.0472 e. The molecule has 2 rings (SSSR count). The summed E-state index contributed by atoms with van der Waals surface area (Å²) in [4.78, 5) is 5.72. The number of aromatic nitrogens is 1. The Hall–Kier alpha value is -1.03. The summed E-state index contributed by atoms with van der Waals surface area (Å²) in [6.07, 6.45) is 2.07. The molecular formula is C16H24ClN3. The number of hydrogen-bond acceptors (Lipinski definition) is 2. The van der Waals surface area contributed by atoms with Crippen molar-refractivity contribution in [1.82, 2.24) is 15.2 Å². The highest BCUT2D eigenvalue weighted by Gasteiger charge is 2.08. The Morgan fingerprint density at radius 2 is 2.05 bits per heavy atom. The fraction of sp³-hybridized carbons (Fsp3) is 0.500. The Kier molecular flexibility index (Phi) is 5.46. The van der Waals surface area contributed by atoms with Gasteiger partial charge in [-0.3, -0.25) is 0 Å². The number of likely N-dealkylation sites (N-methyl/N-ethyl adjacent to an activating group) is 1. The van der Waals surface area contributed by atoms with Crippen LogP contribution in [0, 0.1) is 0 Å². The van der Waals surface area contributed by atoms with Crippen LogP contribution in [0.4, 0.5) is 0 Å². The summed E-state index contributed by atoms with van der Waals surface area (Å²) in [6.45, 7) is 10.8. The number of fused-ring (bicyclic) bond motifs is 1. The molecular weight excluding hydrogens is 270 g/mol. The van der Waals surface area contributed by atoms with Crippen LogP contribution in [-0.2, 0) is 6.54 Å². The summed E-state index contributed by atoms with van der Waals surface area (Å²) in [6, 6.07) is 6.48. The molecule has 0 aliphatic rings. The lowest BCUT2D eigenvalue weighted by atomic mass is 10.1. The first-order valence-corrected chi connectivity index (χ1v) is 7.73. The van der Waals surface area contributed by atoms with E-state index in [1.807, 2.05) is 12.1 Å². The number of rotatable bonds is 7. The lowest BCUT2D eigenvalue weighted by Gasteiger charge is -2.23. The van der Waals surface area contributed by atoms with Crippen molar-refractivity contribution in [3.63, 3.8) is 0 Å². The topological polar surface area (TPSA) is 31.1 Å². The largest absolute Gasteiger partial charge is 0.361 e. The van der Waals surface area contributed by atoms with Crippen molar-refractivity contribution in [1.29, 1.82) is 0 Å². The van der Waals surface area contributed by atoms with E-state index < -0.39 is 0 Å². The molecule has 1 unspecified atom stereocenters. The summed E-state index contributed by atoms with van der Waals surface area (Å²) in [7, 11) is 0. The first kappa shape index (κ1) is 15.4. The standard InChI is InChI=1S/C16H24ClN3/c1-4-20(5-2)11-12(3)18-9-13-10-19-16-8-14(17)6-7-15(13)16/h6-8,10,12,18-19H,4-5,9,11H2,1-3H3. The Bertz CT molecular complexity index is 546. The maximum absolute atomic E-state index is 6.00. The van der Waals surface area contributed by atoms with Gasteiger partial charge in [-0.25, -0.2) is 0 Å². The monoisotopic (exact) mass is 293 g/mol. The van der Waals surface area contributed by atoms with Gasteiger partial charge in [0.1, 0.15) is 0 Å². The summed E-state index contributed by atoms with van der Waals surface area (Å²) < 4.78 is 0. The lowest BCUT2D eigenvalue weighted by molar-refractivity contribution is 0.271. The Morgan fingerprint density at radius 1 is 1.30 bits per heavy atom. The molecule has 4 heteroatoms. The number of halogens is 1. The van der Waals surface area contributed by atoms with E-state index in [1.165, 1.54) is 10.9 Å². The van der Waals surface area contributed by atoms with Crippen molar-refractivity contribution in [2.75, 3.05) is 19.6 Å². The van der Waals surface area contributed by atoms with E-state index in [1.54, 1.807) is 0 Å². The van der Waals surface area contributed by atoms with E-state index in [4.69, 9.17) is 11.6 Å². The summed E-state index contributed by atoms with van der Waals surface area (Å²) in [5.41, 5.74) is 2.40. The van der Waals surface area contributed by atoms with Gasteiger partial charge < -0.3 is 15.2 Å². The van der Waals surface area contributed by atoms with Crippen LogP contribution in [0.2, 0.25) is 5.02 Å². The zero-order valence-corrected chi connectivity index (χ0v) is 13.3. The van der Waals surface area contributed by atoms with Gasteiger partial charge in [0.25, 0.3) is 0 Å². The molecule has 1 aromatic heterocycles. The number of nitrogens with zero attached hydrogens (tertiary/aromatic N) is 1. The second-order valence-corrected chi connectivity index (χ2v) is 5.71. The van der Waals surface area contributed by atoms with Gasteiger partial charge in [0.05, 0.1) is 0 Å². The van der Waals surface area contributed by atoms with Gasteiger partial charge in [0.2, 0.25) is 0 Å². The van der Waals surface area contributed by atoms with Gasteiger partial charge in [-0.1, -0.05) is 31.5 Å². The van der Waals surface area contributed by atoms with Crippen molar-refractivity contribution in [3.05, 3.63) is 35.0 Å². The molecule has 0 aliphatic heterocycles.